The van der Waals surface area contributed by atoms with E-state index in [-0.39, 0.29) is 29.0 Å². The topological polar surface area (TPSA) is 35.6 Å². The fourth-order valence-corrected chi connectivity index (χ4v) is 2.66. The Morgan fingerprint density at radius 3 is 2.71 bits per heavy atom. The first-order valence-electron chi connectivity index (χ1n) is 6.78. The van der Waals surface area contributed by atoms with E-state index in [0.717, 1.165) is 13.1 Å². The Morgan fingerprint density at radius 2 is 2.05 bits per heavy atom. The number of nitrogens with one attached hydrogen (secondary N) is 1. The largest absolute Gasteiger partial charge is 0.339 e. The number of likely N-dealkylation sites (N-methyl/N-ethyl adjacent to an activating group) is 1. The molecule has 0 aliphatic carbocycles. The minimum absolute atomic E-state index is 0.0187. The monoisotopic (exact) mass is 361 g/mol. The second-order valence-electron chi connectivity index (χ2n) is 5.12. The third-order valence-corrected chi connectivity index (χ3v) is 4.05. The summed E-state index contributed by atoms with van der Waals surface area (Å²) in [5.74, 6) is -1.23. The predicted octanol–water partition coefficient (Wildman–Crippen LogP) is 1.59. The Morgan fingerprint density at radius 1 is 1.38 bits per heavy atom. The second kappa shape index (κ2) is 7.29. The summed E-state index contributed by atoms with van der Waals surface area (Å²) in [5.41, 5.74) is -0.0278. The summed E-state index contributed by atoms with van der Waals surface area (Å²) in [5, 5.41) is 3.17. The molecule has 116 valence electrons. The minimum Gasteiger partial charge on any atom is -0.339 e. The SMILES string of the molecule is CN(CC(=O)N1CCNCC1)Cc1c(F)ccc(Br)c1F. The van der Waals surface area contributed by atoms with Crippen molar-refractivity contribution in [3.63, 3.8) is 0 Å². The standard InChI is InChI=1S/C14H18BrF2N3O/c1-19(9-13(21)20-6-4-18-5-7-20)8-10-12(16)3-2-11(15)14(10)17/h2-3,18H,4-9H2,1H3. The summed E-state index contributed by atoms with van der Waals surface area (Å²) in [6.45, 7) is 3.10. The van der Waals surface area contributed by atoms with Gasteiger partial charge in [0.15, 0.2) is 0 Å². The van der Waals surface area contributed by atoms with Crippen LogP contribution in [0.3, 0.4) is 0 Å². The first-order chi connectivity index (χ1) is 9.99. The molecule has 0 bridgehead atoms. The number of nitrogens with zero attached hydrogens (tertiary/aromatic N) is 2. The van der Waals surface area contributed by atoms with Crippen LogP contribution in [0.2, 0.25) is 0 Å². The van der Waals surface area contributed by atoms with Crippen molar-refractivity contribution in [2.75, 3.05) is 39.8 Å². The van der Waals surface area contributed by atoms with Crippen LogP contribution in [0.4, 0.5) is 8.78 Å². The molecule has 1 aromatic rings. The van der Waals surface area contributed by atoms with Crippen LogP contribution in [0, 0.1) is 11.6 Å². The van der Waals surface area contributed by atoms with Crippen molar-refractivity contribution in [1.29, 1.82) is 0 Å². The van der Waals surface area contributed by atoms with E-state index >= 15 is 0 Å². The summed E-state index contributed by atoms with van der Waals surface area (Å²) >= 11 is 3.04. The van der Waals surface area contributed by atoms with E-state index in [1.807, 2.05) is 0 Å². The van der Waals surface area contributed by atoms with Crippen molar-refractivity contribution in [2.24, 2.45) is 0 Å². The van der Waals surface area contributed by atoms with E-state index in [0.29, 0.717) is 13.1 Å². The van der Waals surface area contributed by atoms with Gasteiger partial charge in [0.25, 0.3) is 0 Å². The molecule has 1 aliphatic heterocycles. The smallest absolute Gasteiger partial charge is 0.236 e. The van der Waals surface area contributed by atoms with Crippen LogP contribution in [0.25, 0.3) is 0 Å². The normalized spacial score (nSPS) is 15.6. The maximum atomic E-state index is 13.9. The lowest BCUT2D eigenvalue weighted by atomic mass is 10.2. The third kappa shape index (κ3) is 4.21. The molecule has 21 heavy (non-hydrogen) atoms. The van der Waals surface area contributed by atoms with Crippen LogP contribution < -0.4 is 5.32 Å². The maximum absolute atomic E-state index is 13.9. The number of hydrogen-bond acceptors (Lipinski definition) is 3. The molecule has 1 saturated heterocycles. The van der Waals surface area contributed by atoms with Gasteiger partial charge in [-0.3, -0.25) is 9.69 Å². The average Bonchev–Trinajstić information content (AvgIpc) is 2.48. The molecule has 0 saturated carbocycles. The zero-order valence-corrected chi connectivity index (χ0v) is 13.4. The van der Waals surface area contributed by atoms with Gasteiger partial charge in [0.2, 0.25) is 5.91 Å². The molecule has 1 aromatic carbocycles. The van der Waals surface area contributed by atoms with Gasteiger partial charge in [-0.2, -0.15) is 0 Å². The minimum atomic E-state index is -0.614. The number of carbonyl (C=O) groups is 1. The Bertz CT molecular complexity index is 521. The highest BCUT2D eigenvalue weighted by Crippen LogP contribution is 2.22. The molecule has 1 aliphatic rings. The lowest BCUT2D eigenvalue weighted by molar-refractivity contribution is -0.132. The number of halogens is 3. The lowest BCUT2D eigenvalue weighted by Crippen LogP contribution is -2.49. The van der Waals surface area contributed by atoms with E-state index in [1.54, 1.807) is 16.8 Å². The van der Waals surface area contributed by atoms with Gasteiger partial charge >= 0.3 is 0 Å². The molecule has 0 aromatic heterocycles. The molecule has 0 unspecified atom stereocenters. The molecule has 0 radical (unpaired) electrons. The van der Waals surface area contributed by atoms with Gasteiger partial charge in [-0.1, -0.05) is 0 Å². The number of amides is 1. The van der Waals surface area contributed by atoms with Crippen molar-refractivity contribution in [3.05, 3.63) is 33.8 Å². The first kappa shape index (κ1) is 16.3. The number of piperazine rings is 1. The summed E-state index contributed by atoms with van der Waals surface area (Å²) < 4.78 is 27.8. The molecular formula is C14H18BrF2N3O. The van der Waals surface area contributed by atoms with Crippen LogP contribution in [0.1, 0.15) is 5.56 Å². The fraction of sp³-hybridized carbons (Fsp3) is 0.500. The van der Waals surface area contributed by atoms with E-state index in [1.165, 1.54) is 12.1 Å². The van der Waals surface area contributed by atoms with Gasteiger partial charge in [0.05, 0.1) is 11.0 Å². The summed E-state index contributed by atoms with van der Waals surface area (Å²) in [6.07, 6.45) is 0. The van der Waals surface area contributed by atoms with Crippen LogP contribution in [0.15, 0.2) is 16.6 Å². The van der Waals surface area contributed by atoms with Gasteiger partial charge < -0.3 is 10.2 Å². The number of hydrogen-bond donors (Lipinski definition) is 1. The van der Waals surface area contributed by atoms with Gasteiger partial charge in [-0.25, -0.2) is 8.78 Å². The quantitative estimate of drug-likeness (QED) is 0.827. The molecule has 4 nitrogen and oxygen atoms in total. The molecular weight excluding hydrogens is 344 g/mol. The summed E-state index contributed by atoms with van der Waals surface area (Å²) in [6, 6.07) is 2.55. The Kier molecular flexibility index (Phi) is 5.66. The Hall–Kier alpha value is -1.05. The molecule has 1 heterocycles. The molecule has 1 amide bonds. The summed E-state index contributed by atoms with van der Waals surface area (Å²) in [4.78, 5) is 15.5. The highest BCUT2D eigenvalue weighted by Gasteiger charge is 2.20. The fourth-order valence-electron chi connectivity index (χ4n) is 2.28. The average molecular weight is 362 g/mol. The third-order valence-electron chi connectivity index (χ3n) is 3.44. The molecule has 1 fully saturated rings. The van der Waals surface area contributed by atoms with E-state index < -0.39 is 11.6 Å². The van der Waals surface area contributed by atoms with E-state index in [9.17, 15) is 13.6 Å². The van der Waals surface area contributed by atoms with Crippen molar-refractivity contribution >= 4 is 21.8 Å². The van der Waals surface area contributed by atoms with Crippen molar-refractivity contribution in [2.45, 2.75) is 6.54 Å². The van der Waals surface area contributed by atoms with Gasteiger partial charge in [-0.05, 0) is 35.1 Å². The van der Waals surface area contributed by atoms with Crippen LogP contribution in [-0.4, -0.2) is 55.5 Å². The van der Waals surface area contributed by atoms with Gasteiger partial charge in [0, 0.05) is 38.3 Å². The van der Waals surface area contributed by atoms with Crippen molar-refractivity contribution < 1.29 is 13.6 Å². The van der Waals surface area contributed by atoms with Gasteiger partial charge in [0.1, 0.15) is 11.6 Å². The van der Waals surface area contributed by atoms with Crippen molar-refractivity contribution in [1.82, 2.24) is 15.1 Å². The Labute approximate surface area is 131 Å². The molecule has 7 heteroatoms. The van der Waals surface area contributed by atoms with E-state index in [2.05, 4.69) is 21.2 Å². The zero-order chi connectivity index (χ0) is 15.4. The highest BCUT2D eigenvalue weighted by molar-refractivity contribution is 9.10. The summed E-state index contributed by atoms with van der Waals surface area (Å²) in [7, 11) is 1.68. The number of benzene rings is 1. The molecule has 0 spiro atoms. The van der Waals surface area contributed by atoms with Gasteiger partial charge in [-0.15, -0.1) is 0 Å². The zero-order valence-electron chi connectivity index (χ0n) is 11.8. The Balaban J connectivity index is 1.97. The second-order valence-corrected chi connectivity index (χ2v) is 5.98. The lowest BCUT2D eigenvalue weighted by Gasteiger charge is -2.29. The number of carbonyl (C=O) groups excluding carboxylic acids is 1. The van der Waals surface area contributed by atoms with Crippen LogP contribution in [0.5, 0.6) is 0 Å². The molecule has 0 atom stereocenters. The molecule has 1 N–H and O–H groups in total. The van der Waals surface area contributed by atoms with Crippen LogP contribution >= 0.6 is 15.9 Å². The number of rotatable bonds is 4. The predicted molar refractivity (Wildman–Crippen MR) is 79.8 cm³/mol. The van der Waals surface area contributed by atoms with Crippen molar-refractivity contribution in [3.8, 4) is 0 Å². The molecule has 2 rings (SSSR count). The van der Waals surface area contributed by atoms with E-state index in [4.69, 9.17) is 0 Å². The maximum Gasteiger partial charge on any atom is 0.236 e. The highest BCUT2D eigenvalue weighted by atomic mass is 79.9. The first-order valence-corrected chi connectivity index (χ1v) is 7.57. The van der Waals surface area contributed by atoms with Crippen LogP contribution in [-0.2, 0) is 11.3 Å².